The smallest absolute Gasteiger partial charge is 0.162 e. The maximum absolute atomic E-state index is 12.0. The number of Topliss-reactive ketones (excluding diaryl/α,β-unsaturated/α-hetero) is 1. The van der Waals surface area contributed by atoms with Crippen LogP contribution >= 0.6 is 0 Å². The number of carbonyl (C=O) groups excluding carboxylic acids is 2. The highest BCUT2D eigenvalue weighted by molar-refractivity contribution is 5.99. The predicted octanol–water partition coefficient (Wildman–Crippen LogP) is 2.45. The second-order valence-electron chi connectivity index (χ2n) is 4.37. The van der Waals surface area contributed by atoms with Gasteiger partial charge in [-0.15, -0.1) is 0 Å². The zero-order chi connectivity index (χ0) is 10.7. The van der Waals surface area contributed by atoms with Gasteiger partial charge in [-0.1, -0.05) is 18.2 Å². The Morgan fingerprint density at radius 3 is 3.07 bits per heavy atom. The number of rotatable bonds is 3. The molecule has 0 radical (unpaired) electrons. The van der Waals surface area contributed by atoms with Crippen LogP contribution in [0.4, 0.5) is 0 Å². The third kappa shape index (κ3) is 2.09. The fourth-order valence-electron chi connectivity index (χ4n) is 2.55. The summed E-state index contributed by atoms with van der Waals surface area (Å²) in [6, 6.07) is 0. The third-order valence-corrected chi connectivity index (χ3v) is 3.42. The van der Waals surface area contributed by atoms with Gasteiger partial charge < -0.3 is 4.79 Å². The maximum atomic E-state index is 12.0. The van der Waals surface area contributed by atoms with Crippen LogP contribution in [0.5, 0.6) is 0 Å². The van der Waals surface area contributed by atoms with Gasteiger partial charge in [-0.3, -0.25) is 4.79 Å². The zero-order valence-electron chi connectivity index (χ0n) is 8.82. The SMILES string of the molecule is O=CCCC1CCC2CC=CC=C2C1=O. The summed E-state index contributed by atoms with van der Waals surface area (Å²) in [7, 11) is 0. The molecule has 80 valence electrons. The van der Waals surface area contributed by atoms with Gasteiger partial charge in [0, 0.05) is 12.3 Å². The number of allylic oxidation sites excluding steroid dienone is 4. The quantitative estimate of drug-likeness (QED) is 0.662. The number of fused-ring (bicyclic) bond motifs is 1. The molecule has 1 saturated carbocycles. The van der Waals surface area contributed by atoms with Crippen molar-refractivity contribution in [1.29, 1.82) is 0 Å². The molecule has 0 spiro atoms. The normalized spacial score (nSPS) is 29.6. The predicted molar refractivity (Wildman–Crippen MR) is 58.4 cm³/mol. The molecule has 2 heteroatoms. The summed E-state index contributed by atoms with van der Waals surface area (Å²) in [5.41, 5.74) is 1.000. The Hall–Kier alpha value is -1.18. The van der Waals surface area contributed by atoms with Gasteiger partial charge in [0.1, 0.15) is 6.29 Å². The number of aldehydes is 1. The Bertz CT molecular complexity index is 325. The Morgan fingerprint density at radius 1 is 1.40 bits per heavy atom. The van der Waals surface area contributed by atoms with Crippen molar-refractivity contribution < 1.29 is 9.59 Å². The van der Waals surface area contributed by atoms with E-state index in [1.807, 2.05) is 12.2 Å². The molecule has 0 aliphatic heterocycles. The molecule has 2 unspecified atom stereocenters. The summed E-state index contributed by atoms with van der Waals surface area (Å²) in [6.07, 6.45) is 11.3. The van der Waals surface area contributed by atoms with Crippen LogP contribution in [0.15, 0.2) is 23.8 Å². The molecular formula is C13H16O2. The van der Waals surface area contributed by atoms with Gasteiger partial charge in [0.15, 0.2) is 5.78 Å². The van der Waals surface area contributed by atoms with E-state index in [2.05, 4.69) is 6.08 Å². The molecular weight excluding hydrogens is 188 g/mol. The minimum Gasteiger partial charge on any atom is -0.303 e. The van der Waals surface area contributed by atoms with Crippen molar-refractivity contribution in [2.24, 2.45) is 11.8 Å². The first-order valence-electron chi connectivity index (χ1n) is 5.67. The van der Waals surface area contributed by atoms with E-state index in [0.29, 0.717) is 12.3 Å². The number of hydrogen-bond donors (Lipinski definition) is 0. The lowest BCUT2D eigenvalue weighted by molar-refractivity contribution is -0.121. The van der Waals surface area contributed by atoms with E-state index in [1.165, 1.54) is 0 Å². The topological polar surface area (TPSA) is 34.1 Å². The van der Waals surface area contributed by atoms with E-state index in [9.17, 15) is 9.59 Å². The van der Waals surface area contributed by atoms with Gasteiger partial charge >= 0.3 is 0 Å². The van der Waals surface area contributed by atoms with E-state index in [4.69, 9.17) is 0 Å². The van der Waals surface area contributed by atoms with Crippen LogP contribution in [-0.2, 0) is 9.59 Å². The Labute approximate surface area is 90.1 Å². The summed E-state index contributed by atoms with van der Waals surface area (Å²) in [4.78, 5) is 22.3. The minimum absolute atomic E-state index is 0.101. The molecule has 0 amide bonds. The fraction of sp³-hybridized carbons (Fsp3) is 0.538. The van der Waals surface area contributed by atoms with E-state index >= 15 is 0 Å². The summed E-state index contributed by atoms with van der Waals surface area (Å²) in [5, 5.41) is 0. The lowest BCUT2D eigenvalue weighted by Crippen LogP contribution is -2.28. The lowest BCUT2D eigenvalue weighted by atomic mass is 9.73. The molecule has 0 heterocycles. The standard InChI is InChI=1S/C13H16O2/c14-9-3-5-11-8-7-10-4-1-2-6-12(10)13(11)15/h1-2,6,9-11H,3-5,7-8H2. The van der Waals surface area contributed by atoms with Crippen LogP contribution < -0.4 is 0 Å². The van der Waals surface area contributed by atoms with Crippen LogP contribution in [0.3, 0.4) is 0 Å². The van der Waals surface area contributed by atoms with E-state index < -0.39 is 0 Å². The van der Waals surface area contributed by atoms with Gasteiger partial charge in [-0.25, -0.2) is 0 Å². The van der Waals surface area contributed by atoms with Crippen molar-refractivity contribution in [3.63, 3.8) is 0 Å². The molecule has 15 heavy (non-hydrogen) atoms. The molecule has 0 aromatic rings. The second-order valence-corrected chi connectivity index (χ2v) is 4.37. The first-order valence-corrected chi connectivity index (χ1v) is 5.67. The Kier molecular flexibility index (Phi) is 3.14. The number of ketones is 1. The van der Waals surface area contributed by atoms with Gasteiger partial charge in [0.2, 0.25) is 0 Å². The molecule has 2 nitrogen and oxygen atoms in total. The average molecular weight is 204 g/mol. The van der Waals surface area contributed by atoms with Crippen LogP contribution in [0.1, 0.15) is 32.1 Å². The van der Waals surface area contributed by atoms with Crippen LogP contribution in [0.2, 0.25) is 0 Å². The highest BCUT2D eigenvalue weighted by Crippen LogP contribution is 2.36. The second kappa shape index (κ2) is 4.56. The van der Waals surface area contributed by atoms with Gasteiger partial charge in [0.05, 0.1) is 0 Å². The molecule has 0 N–H and O–H groups in total. The maximum Gasteiger partial charge on any atom is 0.162 e. The fourth-order valence-corrected chi connectivity index (χ4v) is 2.55. The van der Waals surface area contributed by atoms with Crippen molar-refractivity contribution >= 4 is 12.1 Å². The molecule has 1 fully saturated rings. The summed E-state index contributed by atoms with van der Waals surface area (Å²) in [5.74, 6) is 0.844. The van der Waals surface area contributed by atoms with Crippen LogP contribution in [0, 0.1) is 11.8 Å². The monoisotopic (exact) mass is 204 g/mol. The van der Waals surface area contributed by atoms with E-state index in [-0.39, 0.29) is 11.7 Å². The van der Waals surface area contributed by atoms with E-state index in [1.54, 1.807) is 0 Å². The average Bonchev–Trinajstić information content (AvgIpc) is 2.29. The highest BCUT2D eigenvalue weighted by Gasteiger charge is 2.32. The molecule has 0 aromatic carbocycles. The summed E-state index contributed by atoms with van der Waals surface area (Å²) in [6.45, 7) is 0. The zero-order valence-corrected chi connectivity index (χ0v) is 8.82. The first kappa shape index (κ1) is 10.3. The molecule has 0 bridgehead atoms. The summed E-state index contributed by atoms with van der Waals surface area (Å²) >= 11 is 0. The lowest BCUT2D eigenvalue weighted by Gasteiger charge is -2.30. The first-order chi connectivity index (χ1) is 7.33. The minimum atomic E-state index is 0.101. The van der Waals surface area contributed by atoms with Crippen LogP contribution in [-0.4, -0.2) is 12.1 Å². The Balaban J connectivity index is 2.07. The molecule has 0 aromatic heterocycles. The Morgan fingerprint density at radius 2 is 2.27 bits per heavy atom. The van der Waals surface area contributed by atoms with Crippen LogP contribution in [0.25, 0.3) is 0 Å². The van der Waals surface area contributed by atoms with Gasteiger partial charge in [-0.2, -0.15) is 0 Å². The number of carbonyl (C=O) groups is 2. The third-order valence-electron chi connectivity index (χ3n) is 3.42. The van der Waals surface area contributed by atoms with Crippen molar-refractivity contribution in [1.82, 2.24) is 0 Å². The van der Waals surface area contributed by atoms with Crippen molar-refractivity contribution in [3.8, 4) is 0 Å². The largest absolute Gasteiger partial charge is 0.303 e. The molecule has 0 saturated heterocycles. The van der Waals surface area contributed by atoms with Crippen molar-refractivity contribution in [2.45, 2.75) is 32.1 Å². The summed E-state index contributed by atoms with van der Waals surface area (Å²) < 4.78 is 0. The molecule has 2 atom stereocenters. The van der Waals surface area contributed by atoms with E-state index in [0.717, 1.165) is 37.5 Å². The molecule has 2 aliphatic rings. The van der Waals surface area contributed by atoms with Crippen molar-refractivity contribution in [3.05, 3.63) is 23.8 Å². The molecule has 2 rings (SSSR count). The number of hydrogen-bond acceptors (Lipinski definition) is 2. The van der Waals surface area contributed by atoms with Gasteiger partial charge in [-0.05, 0) is 37.2 Å². The highest BCUT2D eigenvalue weighted by atomic mass is 16.1. The molecule has 2 aliphatic carbocycles. The van der Waals surface area contributed by atoms with Gasteiger partial charge in [0.25, 0.3) is 0 Å². The van der Waals surface area contributed by atoms with Crippen molar-refractivity contribution in [2.75, 3.05) is 0 Å².